The Hall–Kier alpha value is -4.71. The predicted octanol–water partition coefficient (Wildman–Crippen LogP) is 6.78. The molecule has 6 heteroatoms. The molecule has 0 radical (unpaired) electrons. The van der Waals surface area contributed by atoms with E-state index < -0.39 is 35.4 Å². The maximum atomic E-state index is 13.7. The summed E-state index contributed by atoms with van der Waals surface area (Å²) in [5.74, 6) is -3.65. The van der Waals surface area contributed by atoms with Crippen molar-refractivity contribution in [3.05, 3.63) is 120 Å². The van der Waals surface area contributed by atoms with Crippen LogP contribution >= 0.6 is 0 Å². The van der Waals surface area contributed by atoms with E-state index >= 15 is 0 Å². The zero-order valence-electron chi connectivity index (χ0n) is 26.2. The minimum absolute atomic E-state index is 0.0248. The summed E-state index contributed by atoms with van der Waals surface area (Å²) in [4.78, 5) is 66.2. The van der Waals surface area contributed by atoms with Crippen molar-refractivity contribution in [1.29, 1.82) is 0 Å². The van der Waals surface area contributed by atoms with Crippen molar-refractivity contribution in [2.24, 2.45) is 17.8 Å². The highest BCUT2D eigenvalue weighted by Gasteiger charge is 2.32. The van der Waals surface area contributed by atoms with E-state index in [4.69, 9.17) is 0 Å². The number of fused-ring (bicyclic) bond motifs is 1. The standard InChI is InChI=1S/C39H41NO5/c1-26(2)34(38(44)35(41)22-21-28-13-6-4-7-14-28)25-36(42)27(3)40-39(45)32(24-37(43)30-16-8-5-9-17-30)23-31-19-12-18-29-15-10-11-20-33(29)31/h4-20,26-27,32,34H,21-25H2,1-3H3,(H,40,45)/t27-,32-,34-/m0/s1. The van der Waals surface area contributed by atoms with Gasteiger partial charge in [-0.3, -0.25) is 24.0 Å². The fraction of sp³-hybridized carbons (Fsp3) is 0.308. The van der Waals surface area contributed by atoms with E-state index in [2.05, 4.69) is 5.32 Å². The topological polar surface area (TPSA) is 97.4 Å². The Morgan fingerprint density at radius 2 is 1.31 bits per heavy atom. The number of hydrogen-bond donors (Lipinski definition) is 1. The number of nitrogens with one attached hydrogen (secondary N) is 1. The molecule has 4 aromatic carbocycles. The Balaban J connectivity index is 1.45. The van der Waals surface area contributed by atoms with Crippen LogP contribution in [0.1, 0.15) is 61.5 Å². The molecule has 0 bridgehead atoms. The van der Waals surface area contributed by atoms with Crippen molar-refractivity contribution in [3.8, 4) is 0 Å². The summed E-state index contributed by atoms with van der Waals surface area (Å²) < 4.78 is 0. The molecule has 0 aliphatic heterocycles. The molecule has 0 unspecified atom stereocenters. The van der Waals surface area contributed by atoms with E-state index in [9.17, 15) is 24.0 Å². The Morgan fingerprint density at radius 3 is 2.00 bits per heavy atom. The van der Waals surface area contributed by atoms with Gasteiger partial charge in [0.25, 0.3) is 0 Å². The highest BCUT2D eigenvalue weighted by Crippen LogP contribution is 2.25. The lowest BCUT2D eigenvalue weighted by atomic mass is 9.83. The third kappa shape index (κ3) is 9.15. The fourth-order valence-corrected chi connectivity index (χ4v) is 5.63. The first-order valence-electron chi connectivity index (χ1n) is 15.6. The van der Waals surface area contributed by atoms with Gasteiger partial charge in [-0.15, -0.1) is 0 Å². The van der Waals surface area contributed by atoms with Crippen LogP contribution in [0.4, 0.5) is 0 Å². The number of hydrogen-bond acceptors (Lipinski definition) is 5. The summed E-state index contributed by atoms with van der Waals surface area (Å²) in [7, 11) is 0. The molecule has 0 spiro atoms. The number of carbonyl (C=O) groups excluding carboxylic acids is 5. The molecule has 4 aromatic rings. The summed E-state index contributed by atoms with van der Waals surface area (Å²) in [5.41, 5.74) is 2.43. The number of carbonyl (C=O) groups is 5. The molecule has 0 heterocycles. The minimum atomic E-state index is -0.896. The number of amides is 1. The number of rotatable bonds is 16. The van der Waals surface area contributed by atoms with Gasteiger partial charge in [-0.2, -0.15) is 0 Å². The first-order chi connectivity index (χ1) is 21.6. The average molecular weight is 604 g/mol. The Bertz CT molecular complexity index is 1640. The molecular weight excluding hydrogens is 562 g/mol. The van der Waals surface area contributed by atoms with Gasteiger partial charge in [0.15, 0.2) is 17.3 Å². The second-order valence-corrected chi connectivity index (χ2v) is 12.1. The molecule has 0 aromatic heterocycles. The number of ketones is 4. The molecule has 232 valence electrons. The van der Waals surface area contributed by atoms with Crippen molar-refractivity contribution >= 4 is 39.8 Å². The quantitative estimate of drug-likeness (QED) is 0.113. The van der Waals surface area contributed by atoms with Gasteiger partial charge in [0.1, 0.15) is 0 Å². The van der Waals surface area contributed by atoms with Gasteiger partial charge < -0.3 is 5.32 Å². The van der Waals surface area contributed by atoms with Crippen LogP contribution < -0.4 is 5.32 Å². The maximum absolute atomic E-state index is 13.7. The molecular formula is C39H41NO5. The van der Waals surface area contributed by atoms with E-state index in [-0.39, 0.29) is 36.7 Å². The van der Waals surface area contributed by atoms with Crippen LogP contribution in [0.15, 0.2) is 103 Å². The lowest BCUT2D eigenvalue weighted by Crippen LogP contribution is -2.44. The molecule has 3 atom stereocenters. The normalized spacial score (nSPS) is 13.2. The van der Waals surface area contributed by atoms with Gasteiger partial charge in [0.05, 0.1) is 6.04 Å². The largest absolute Gasteiger partial charge is 0.346 e. The van der Waals surface area contributed by atoms with Crippen LogP contribution in [-0.4, -0.2) is 35.1 Å². The molecule has 4 rings (SSSR count). The predicted molar refractivity (Wildman–Crippen MR) is 177 cm³/mol. The van der Waals surface area contributed by atoms with E-state index in [1.54, 1.807) is 31.2 Å². The number of Topliss-reactive ketones (excluding diaryl/α,β-unsaturated/α-hetero) is 4. The molecule has 1 amide bonds. The highest BCUT2D eigenvalue weighted by atomic mass is 16.2. The van der Waals surface area contributed by atoms with Gasteiger partial charge in [-0.25, -0.2) is 0 Å². The van der Waals surface area contributed by atoms with Gasteiger partial charge >= 0.3 is 0 Å². The molecule has 0 saturated heterocycles. The van der Waals surface area contributed by atoms with Gasteiger partial charge in [-0.05, 0) is 47.6 Å². The van der Waals surface area contributed by atoms with Crippen molar-refractivity contribution in [2.45, 2.75) is 58.9 Å². The van der Waals surface area contributed by atoms with Crippen molar-refractivity contribution in [3.63, 3.8) is 0 Å². The molecule has 6 nitrogen and oxygen atoms in total. The smallest absolute Gasteiger partial charge is 0.224 e. The zero-order valence-corrected chi connectivity index (χ0v) is 26.2. The number of aryl methyl sites for hydroxylation is 1. The molecule has 0 aliphatic rings. The third-order valence-corrected chi connectivity index (χ3v) is 8.41. The van der Waals surface area contributed by atoms with Gasteiger partial charge in [-0.1, -0.05) is 117 Å². The first kappa shape index (κ1) is 33.2. The molecule has 0 fully saturated rings. The summed E-state index contributed by atoms with van der Waals surface area (Å²) in [5, 5.41) is 4.87. The van der Waals surface area contributed by atoms with Crippen molar-refractivity contribution < 1.29 is 24.0 Å². The second-order valence-electron chi connectivity index (χ2n) is 12.1. The van der Waals surface area contributed by atoms with Crippen LogP contribution in [0.25, 0.3) is 10.8 Å². The average Bonchev–Trinajstić information content (AvgIpc) is 3.06. The van der Waals surface area contributed by atoms with E-state index in [0.29, 0.717) is 18.4 Å². The summed E-state index contributed by atoms with van der Waals surface area (Å²) in [6.07, 6.45) is 0.679. The van der Waals surface area contributed by atoms with Crippen molar-refractivity contribution in [1.82, 2.24) is 5.32 Å². The minimum Gasteiger partial charge on any atom is -0.346 e. The second kappa shape index (κ2) is 15.8. The number of benzene rings is 4. The Kier molecular flexibility index (Phi) is 11.7. The van der Waals surface area contributed by atoms with Crippen LogP contribution in [0.5, 0.6) is 0 Å². The third-order valence-electron chi connectivity index (χ3n) is 8.41. The molecule has 1 N–H and O–H groups in total. The summed E-state index contributed by atoms with van der Waals surface area (Å²) in [6, 6.07) is 31.2. The van der Waals surface area contributed by atoms with Gasteiger partial charge in [0, 0.05) is 36.7 Å². The maximum Gasteiger partial charge on any atom is 0.224 e. The zero-order chi connectivity index (χ0) is 32.3. The molecule has 0 saturated carbocycles. The van der Waals surface area contributed by atoms with Crippen LogP contribution in [-0.2, 0) is 32.0 Å². The summed E-state index contributed by atoms with van der Waals surface area (Å²) >= 11 is 0. The van der Waals surface area contributed by atoms with E-state index in [1.165, 1.54) is 0 Å². The highest BCUT2D eigenvalue weighted by molar-refractivity contribution is 6.38. The van der Waals surface area contributed by atoms with E-state index in [1.807, 2.05) is 92.7 Å². The van der Waals surface area contributed by atoms with Crippen molar-refractivity contribution in [2.75, 3.05) is 0 Å². The van der Waals surface area contributed by atoms with Gasteiger partial charge in [0.2, 0.25) is 11.7 Å². The molecule has 0 aliphatic carbocycles. The SMILES string of the molecule is CC(C)[C@H](CC(=O)[C@H](C)NC(=O)[C@H](CC(=O)c1ccccc1)Cc1cccc2ccccc12)C(=O)C(=O)CCc1ccccc1. The first-order valence-corrected chi connectivity index (χ1v) is 15.6. The molecule has 45 heavy (non-hydrogen) atoms. The Morgan fingerprint density at radius 1 is 0.689 bits per heavy atom. The van der Waals surface area contributed by atoms with E-state index in [0.717, 1.165) is 21.9 Å². The van der Waals surface area contributed by atoms with Crippen LogP contribution in [0.2, 0.25) is 0 Å². The lowest BCUT2D eigenvalue weighted by Gasteiger charge is -2.23. The van der Waals surface area contributed by atoms with Crippen LogP contribution in [0, 0.1) is 17.8 Å². The summed E-state index contributed by atoms with van der Waals surface area (Å²) in [6.45, 7) is 5.23. The Labute approximate surface area is 265 Å². The fourth-order valence-electron chi connectivity index (χ4n) is 5.63. The van der Waals surface area contributed by atoms with Crippen LogP contribution in [0.3, 0.4) is 0 Å². The monoisotopic (exact) mass is 603 g/mol. The lowest BCUT2D eigenvalue weighted by molar-refractivity contribution is -0.141.